The quantitative estimate of drug-likeness (QED) is 0.785. The maximum absolute atomic E-state index is 11.7. The number of amides is 1. The normalized spacial score (nSPS) is 22.0. The molecule has 1 aromatic rings. The minimum atomic E-state index is -0.380. The fraction of sp³-hybridized carbons (Fsp3) is 0.545. The van der Waals surface area contributed by atoms with Crippen molar-refractivity contribution in [1.29, 1.82) is 0 Å². The number of guanidine groups is 1. The largest absolute Gasteiger partial charge is 0.340 e. The van der Waals surface area contributed by atoms with E-state index in [1.807, 2.05) is 13.2 Å². The summed E-state index contributed by atoms with van der Waals surface area (Å²) in [5.41, 5.74) is 0.847. The highest BCUT2D eigenvalue weighted by Gasteiger charge is 2.30. The Labute approximate surface area is 100 Å². The van der Waals surface area contributed by atoms with E-state index in [2.05, 4.69) is 34.6 Å². The predicted molar refractivity (Wildman–Crippen MR) is 64.4 cm³/mol. The molecule has 1 aromatic heterocycles. The van der Waals surface area contributed by atoms with Gasteiger partial charge in [-0.15, -0.1) is 0 Å². The van der Waals surface area contributed by atoms with Crippen molar-refractivity contribution >= 4 is 11.9 Å². The average Bonchev–Trinajstić information content (AvgIpc) is 2.82. The Kier molecular flexibility index (Phi) is 3.12. The monoisotopic (exact) mass is 235 g/mol. The van der Waals surface area contributed by atoms with Gasteiger partial charge in [-0.2, -0.15) is 5.10 Å². The number of hydrogen-bond acceptors (Lipinski definition) is 3. The molecular formula is C11H17N5O. The van der Waals surface area contributed by atoms with Crippen molar-refractivity contribution in [3.63, 3.8) is 0 Å². The highest BCUT2D eigenvalue weighted by atomic mass is 16.2. The molecule has 1 aliphatic rings. The molecule has 0 saturated carbocycles. The van der Waals surface area contributed by atoms with Gasteiger partial charge >= 0.3 is 0 Å². The second kappa shape index (κ2) is 4.57. The molecule has 2 N–H and O–H groups in total. The molecule has 0 bridgehead atoms. The van der Waals surface area contributed by atoms with Gasteiger partial charge in [0.25, 0.3) is 5.91 Å². The molecule has 1 atom stereocenters. The number of carbonyl (C=O) groups excluding carboxylic acids is 1. The fourth-order valence-corrected chi connectivity index (χ4v) is 1.61. The Balaban J connectivity index is 2.07. The van der Waals surface area contributed by atoms with Crippen LogP contribution in [0.4, 0.5) is 0 Å². The van der Waals surface area contributed by atoms with Gasteiger partial charge in [0.15, 0.2) is 5.96 Å². The van der Waals surface area contributed by atoms with Gasteiger partial charge in [0.05, 0.1) is 6.20 Å². The number of nitrogens with one attached hydrogen (secondary N) is 2. The Morgan fingerprint density at radius 2 is 2.35 bits per heavy atom. The molecule has 1 saturated heterocycles. The molecule has 1 aliphatic heterocycles. The third kappa shape index (κ3) is 2.64. The van der Waals surface area contributed by atoms with E-state index in [1.165, 1.54) is 0 Å². The first kappa shape index (κ1) is 11.6. The summed E-state index contributed by atoms with van der Waals surface area (Å²) in [6.45, 7) is 4.86. The Hall–Kier alpha value is -1.85. The fourth-order valence-electron chi connectivity index (χ4n) is 1.61. The summed E-state index contributed by atoms with van der Waals surface area (Å²) in [5.74, 6) is 0.941. The third-order valence-electron chi connectivity index (χ3n) is 2.46. The first-order chi connectivity index (χ1) is 8.06. The van der Waals surface area contributed by atoms with Crippen molar-refractivity contribution in [1.82, 2.24) is 20.4 Å². The topological polar surface area (TPSA) is 71.3 Å². The van der Waals surface area contributed by atoms with Crippen LogP contribution in [0.15, 0.2) is 17.4 Å². The summed E-state index contributed by atoms with van der Waals surface area (Å²) >= 11 is 0. The zero-order valence-corrected chi connectivity index (χ0v) is 10.3. The molecule has 1 unspecified atom stereocenters. The van der Waals surface area contributed by atoms with Crippen molar-refractivity contribution in [3.05, 3.63) is 18.0 Å². The molecule has 6 nitrogen and oxygen atoms in total. The highest BCUT2D eigenvalue weighted by Crippen LogP contribution is 2.15. The van der Waals surface area contributed by atoms with Gasteiger partial charge in [0, 0.05) is 25.4 Å². The SMILES string of the molecule is CC(C)CN=C1NC(=O)C(c2cnn(C)c2)N1. The van der Waals surface area contributed by atoms with E-state index in [9.17, 15) is 4.79 Å². The van der Waals surface area contributed by atoms with Crippen LogP contribution in [0.5, 0.6) is 0 Å². The van der Waals surface area contributed by atoms with Gasteiger partial charge in [-0.05, 0) is 5.92 Å². The van der Waals surface area contributed by atoms with E-state index in [-0.39, 0.29) is 11.9 Å². The lowest BCUT2D eigenvalue weighted by atomic mass is 10.2. The van der Waals surface area contributed by atoms with Crippen LogP contribution in [-0.4, -0.2) is 28.2 Å². The number of aromatic nitrogens is 2. The van der Waals surface area contributed by atoms with Crippen LogP contribution in [-0.2, 0) is 11.8 Å². The molecule has 1 amide bonds. The van der Waals surface area contributed by atoms with Gasteiger partial charge in [-0.1, -0.05) is 13.8 Å². The number of rotatable bonds is 3. The lowest BCUT2D eigenvalue weighted by Crippen LogP contribution is -2.26. The van der Waals surface area contributed by atoms with Gasteiger partial charge in [0.1, 0.15) is 6.04 Å². The van der Waals surface area contributed by atoms with E-state index in [1.54, 1.807) is 10.9 Å². The summed E-state index contributed by atoms with van der Waals surface area (Å²) in [4.78, 5) is 16.0. The van der Waals surface area contributed by atoms with E-state index in [0.717, 1.165) is 5.56 Å². The summed E-state index contributed by atoms with van der Waals surface area (Å²) in [6.07, 6.45) is 3.51. The van der Waals surface area contributed by atoms with E-state index >= 15 is 0 Å². The lowest BCUT2D eigenvalue weighted by Gasteiger charge is -2.04. The Bertz CT molecular complexity index is 448. The second-order valence-corrected chi connectivity index (χ2v) is 4.60. The summed E-state index contributed by atoms with van der Waals surface area (Å²) in [5, 5.41) is 9.84. The predicted octanol–water partition coefficient (Wildman–Crippen LogP) is 0.193. The van der Waals surface area contributed by atoms with E-state index < -0.39 is 0 Å². The summed E-state index contributed by atoms with van der Waals surface area (Å²) in [7, 11) is 1.82. The number of aryl methyl sites for hydroxylation is 1. The van der Waals surface area contributed by atoms with Crippen molar-refractivity contribution < 1.29 is 4.79 Å². The molecule has 0 aromatic carbocycles. The Morgan fingerprint density at radius 3 is 2.94 bits per heavy atom. The first-order valence-electron chi connectivity index (χ1n) is 5.66. The van der Waals surface area contributed by atoms with Gasteiger partial charge in [-0.25, -0.2) is 0 Å². The maximum atomic E-state index is 11.7. The van der Waals surface area contributed by atoms with Crippen LogP contribution in [0.2, 0.25) is 0 Å². The molecular weight excluding hydrogens is 218 g/mol. The van der Waals surface area contributed by atoms with Crippen LogP contribution in [0.1, 0.15) is 25.5 Å². The number of nitrogens with zero attached hydrogens (tertiary/aromatic N) is 3. The number of aliphatic imine (C=N–C) groups is 1. The summed E-state index contributed by atoms with van der Waals surface area (Å²) < 4.78 is 1.67. The standard InChI is InChI=1S/C11H17N5O/c1-7(2)4-12-11-14-9(10(17)15-11)8-5-13-16(3)6-8/h5-7,9H,4H2,1-3H3,(H2,12,14,15,17). The second-order valence-electron chi connectivity index (χ2n) is 4.60. The maximum Gasteiger partial charge on any atom is 0.254 e. The zero-order valence-electron chi connectivity index (χ0n) is 10.3. The molecule has 1 fully saturated rings. The van der Waals surface area contributed by atoms with E-state index in [4.69, 9.17) is 0 Å². The smallest absolute Gasteiger partial charge is 0.254 e. The minimum absolute atomic E-state index is 0.0829. The number of hydrogen-bond donors (Lipinski definition) is 2. The molecule has 2 heterocycles. The van der Waals surface area contributed by atoms with Crippen molar-refractivity contribution in [2.75, 3.05) is 6.54 Å². The van der Waals surface area contributed by atoms with Crippen molar-refractivity contribution in [3.8, 4) is 0 Å². The van der Waals surface area contributed by atoms with Gasteiger partial charge < -0.3 is 5.32 Å². The highest BCUT2D eigenvalue weighted by molar-refractivity contribution is 6.06. The molecule has 2 rings (SSSR count). The zero-order chi connectivity index (χ0) is 12.4. The lowest BCUT2D eigenvalue weighted by molar-refractivity contribution is -0.120. The van der Waals surface area contributed by atoms with Crippen LogP contribution in [0, 0.1) is 5.92 Å². The van der Waals surface area contributed by atoms with Crippen molar-refractivity contribution in [2.45, 2.75) is 19.9 Å². The molecule has 17 heavy (non-hydrogen) atoms. The van der Waals surface area contributed by atoms with Crippen LogP contribution >= 0.6 is 0 Å². The first-order valence-corrected chi connectivity index (χ1v) is 5.66. The molecule has 6 heteroatoms. The number of carbonyl (C=O) groups is 1. The molecule has 0 spiro atoms. The molecule has 92 valence electrons. The van der Waals surface area contributed by atoms with Gasteiger partial charge in [0.2, 0.25) is 0 Å². The summed E-state index contributed by atoms with van der Waals surface area (Å²) in [6, 6.07) is -0.380. The van der Waals surface area contributed by atoms with Crippen LogP contribution < -0.4 is 10.6 Å². The Morgan fingerprint density at radius 1 is 1.59 bits per heavy atom. The molecule has 0 radical (unpaired) electrons. The average molecular weight is 235 g/mol. The van der Waals surface area contributed by atoms with Gasteiger partial charge in [-0.3, -0.25) is 19.8 Å². The minimum Gasteiger partial charge on any atom is -0.340 e. The van der Waals surface area contributed by atoms with Crippen LogP contribution in [0.25, 0.3) is 0 Å². The van der Waals surface area contributed by atoms with Crippen molar-refractivity contribution in [2.24, 2.45) is 18.0 Å². The molecule has 0 aliphatic carbocycles. The van der Waals surface area contributed by atoms with E-state index in [0.29, 0.717) is 18.4 Å². The van der Waals surface area contributed by atoms with Crippen LogP contribution in [0.3, 0.4) is 0 Å². The third-order valence-corrected chi connectivity index (χ3v) is 2.46.